The van der Waals surface area contributed by atoms with Gasteiger partial charge in [-0.2, -0.15) is 0 Å². The van der Waals surface area contributed by atoms with Crippen LogP contribution in [0.1, 0.15) is 0 Å². The lowest BCUT2D eigenvalue weighted by Gasteiger charge is -1.87. The lowest BCUT2D eigenvalue weighted by Crippen LogP contribution is -1.79. The summed E-state index contributed by atoms with van der Waals surface area (Å²) in [6, 6.07) is 8.24. The number of hydrogen-bond donors (Lipinski definition) is 1. The smallest absolute Gasteiger partial charge is 0.196 e. The summed E-state index contributed by atoms with van der Waals surface area (Å²) in [5.74, 6) is 0. The number of benzene rings is 1. The first kappa shape index (κ1) is 8.78. The first-order chi connectivity index (χ1) is 7.84. The molecule has 3 nitrogen and oxygen atoms in total. The molecule has 0 saturated heterocycles. The van der Waals surface area contributed by atoms with E-state index in [2.05, 4.69) is 42.4 Å². The third-order valence-corrected chi connectivity index (χ3v) is 4.47. The van der Waals surface area contributed by atoms with Crippen molar-refractivity contribution in [2.45, 2.75) is 0 Å². The normalized spacial score (nSPS) is 12.1. The van der Waals surface area contributed by atoms with Crippen molar-refractivity contribution in [3.05, 3.63) is 34.2 Å². The number of hydrogen-bond acceptors (Lipinski definition) is 2. The molecular formula is C11H6BrN3S. The monoisotopic (exact) mass is 291 g/mol. The van der Waals surface area contributed by atoms with Crippen molar-refractivity contribution in [1.82, 2.24) is 14.4 Å². The van der Waals surface area contributed by atoms with Gasteiger partial charge in [0.15, 0.2) is 4.96 Å². The zero-order valence-corrected chi connectivity index (χ0v) is 10.5. The fourth-order valence-electron chi connectivity index (χ4n) is 2.06. The van der Waals surface area contributed by atoms with Gasteiger partial charge in [-0.25, -0.2) is 4.98 Å². The Kier molecular flexibility index (Phi) is 1.57. The van der Waals surface area contributed by atoms with Gasteiger partial charge in [0.25, 0.3) is 0 Å². The van der Waals surface area contributed by atoms with E-state index in [9.17, 15) is 0 Å². The summed E-state index contributed by atoms with van der Waals surface area (Å²) in [6.45, 7) is 0. The summed E-state index contributed by atoms with van der Waals surface area (Å²) in [5.41, 5.74) is 3.24. The van der Waals surface area contributed by atoms with Gasteiger partial charge in [-0.15, -0.1) is 11.3 Å². The number of imidazole rings is 1. The lowest BCUT2D eigenvalue weighted by atomic mass is 10.2. The predicted octanol–water partition coefficient (Wildman–Crippen LogP) is 3.79. The number of thiazole rings is 1. The number of aromatic nitrogens is 3. The minimum absolute atomic E-state index is 1.01. The van der Waals surface area contributed by atoms with Crippen LogP contribution in [0.2, 0.25) is 0 Å². The molecule has 4 rings (SSSR count). The second kappa shape index (κ2) is 2.87. The van der Waals surface area contributed by atoms with Crippen LogP contribution in [0.15, 0.2) is 34.2 Å². The van der Waals surface area contributed by atoms with Crippen LogP contribution >= 0.6 is 27.3 Å². The van der Waals surface area contributed by atoms with Crippen LogP contribution in [0, 0.1) is 0 Å². The van der Waals surface area contributed by atoms with Crippen LogP contribution in [0.25, 0.3) is 27.0 Å². The molecule has 78 valence electrons. The number of nitrogens with one attached hydrogen (secondary N) is 1. The van der Waals surface area contributed by atoms with Crippen molar-refractivity contribution in [2.75, 3.05) is 0 Å². The average molecular weight is 292 g/mol. The molecule has 3 aromatic heterocycles. The first-order valence-corrected chi connectivity index (χ1v) is 6.54. The van der Waals surface area contributed by atoms with E-state index in [1.165, 1.54) is 5.39 Å². The van der Waals surface area contributed by atoms with Gasteiger partial charge in [-0.05, 0) is 22.0 Å². The Balaban J connectivity index is 2.37. The Hall–Kier alpha value is -1.33. The standard InChI is InChI=1S/C11H6BrN3S/c12-8-5-16-11-14-9-6-3-1-2-4-7(6)13-10(9)15(8)11/h1-5,13H. The highest BCUT2D eigenvalue weighted by Gasteiger charge is 2.13. The molecule has 0 aliphatic heterocycles. The second-order valence-electron chi connectivity index (χ2n) is 3.66. The number of nitrogens with zero attached hydrogens (tertiary/aromatic N) is 2. The number of H-pyrrole nitrogens is 1. The molecule has 0 amide bonds. The van der Waals surface area contributed by atoms with E-state index >= 15 is 0 Å². The molecule has 0 saturated carbocycles. The Bertz CT molecular complexity index is 824. The third kappa shape index (κ3) is 0.948. The van der Waals surface area contributed by atoms with Gasteiger partial charge in [0, 0.05) is 16.3 Å². The number of para-hydroxylation sites is 1. The number of aromatic amines is 1. The summed E-state index contributed by atoms with van der Waals surface area (Å²) in [7, 11) is 0. The van der Waals surface area contributed by atoms with E-state index in [0.29, 0.717) is 0 Å². The van der Waals surface area contributed by atoms with Crippen LogP contribution in [-0.4, -0.2) is 14.4 Å². The average Bonchev–Trinajstić information content (AvgIpc) is 2.90. The van der Waals surface area contributed by atoms with Crippen LogP contribution in [0.4, 0.5) is 0 Å². The molecule has 0 atom stereocenters. The second-order valence-corrected chi connectivity index (χ2v) is 5.31. The summed E-state index contributed by atoms with van der Waals surface area (Å²) in [6.07, 6.45) is 0. The van der Waals surface area contributed by atoms with Crippen LogP contribution in [-0.2, 0) is 0 Å². The van der Waals surface area contributed by atoms with Gasteiger partial charge in [0.2, 0.25) is 0 Å². The van der Waals surface area contributed by atoms with Crippen molar-refractivity contribution >= 4 is 54.3 Å². The molecule has 0 aliphatic carbocycles. The third-order valence-electron chi connectivity index (χ3n) is 2.76. The highest BCUT2D eigenvalue weighted by molar-refractivity contribution is 9.10. The van der Waals surface area contributed by atoms with E-state index in [-0.39, 0.29) is 0 Å². The largest absolute Gasteiger partial charge is 0.339 e. The van der Waals surface area contributed by atoms with Crippen LogP contribution in [0.5, 0.6) is 0 Å². The number of rotatable bonds is 0. The van der Waals surface area contributed by atoms with E-state index < -0.39 is 0 Å². The van der Waals surface area contributed by atoms with Crippen molar-refractivity contribution < 1.29 is 0 Å². The fourth-order valence-corrected chi connectivity index (χ4v) is 3.55. The molecular weight excluding hydrogens is 286 g/mol. The summed E-state index contributed by atoms with van der Waals surface area (Å²) in [4.78, 5) is 9.06. The molecule has 3 heterocycles. The topological polar surface area (TPSA) is 33.1 Å². The summed E-state index contributed by atoms with van der Waals surface area (Å²) < 4.78 is 3.14. The fraction of sp³-hybridized carbons (Fsp3) is 0. The Morgan fingerprint density at radius 2 is 2.19 bits per heavy atom. The van der Waals surface area contributed by atoms with Gasteiger partial charge >= 0.3 is 0 Å². The zero-order chi connectivity index (χ0) is 10.7. The van der Waals surface area contributed by atoms with E-state index in [1.54, 1.807) is 11.3 Å². The maximum atomic E-state index is 4.64. The lowest BCUT2D eigenvalue weighted by molar-refractivity contribution is 1.20. The molecule has 4 aromatic rings. The molecule has 1 aromatic carbocycles. The van der Waals surface area contributed by atoms with Gasteiger partial charge in [-0.1, -0.05) is 18.2 Å². The molecule has 0 unspecified atom stereocenters. The van der Waals surface area contributed by atoms with E-state index in [1.807, 2.05) is 17.5 Å². The van der Waals surface area contributed by atoms with Crippen molar-refractivity contribution in [2.24, 2.45) is 0 Å². The zero-order valence-electron chi connectivity index (χ0n) is 8.07. The Morgan fingerprint density at radius 3 is 3.12 bits per heavy atom. The van der Waals surface area contributed by atoms with Gasteiger partial charge in [0.05, 0.1) is 0 Å². The van der Waals surface area contributed by atoms with E-state index in [0.717, 1.165) is 26.2 Å². The molecule has 0 fully saturated rings. The van der Waals surface area contributed by atoms with Crippen molar-refractivity contribution in [3.63, 3.8) is 0 Å². The Labute approximate surface area is 103 Å². The van der Waals surface area contributed by atoms with Gasteiger partial charge in [0.1, 0.15) is 15.8 Å². The summed E-state index contributed by atoms with van der Waals surface area (Å²) in [5, 5.41) is 3.23. The maximum Gasteiger partial charge on any atom is 0.196 e. The Morgan fingerprint density at radius 1 is 1.31 bits per heavy atom. The van der Waals surface area contributed by atoms with Crippen molar-refractivity contribution in [1.29, 1.82) is 0 Å². The molecule has 5 heteroatoms. The SMILES string of the molecule is Brc1csc2nc3c4ccccc4[nH]c3n12. The molecule has 0 radical (unpaired) electrons. The highest BCUT2D eigenvalue weighted by Crippen LogP contribution is 2.30. The molecule has 0 bridgehead atoms. The molecule has 0 aliphatic rings. The van der Waals surface area contributed by atoms with Gasteiger partial charge in [-0.3, -0.25) is 4.40 Å². The minimum atomic E-state index is 1.01. The van der Waals surface area contributed by atoms with Crippen LogP contribution < -0.4 is 0 Å². The summed E-state index contributed by atoms with van der Waals surface area (Å²) >= 11 is 5.18. The maximum absolute atomic E-state index is 4.64. The highest BCUT2D eigenvalue weighted by atomic mass is 79.9. The molecule has 0 spiro atoms. The van der Waals surface area contributed by atoms with E-state index in [4.69, 9.17) is 0 Å². The first-order valence-electron chi connectivity index (χ1n) is 4.86. The number of halogens is 1. The molecule has 16 heavy (non-hydrogen) atoms. The molecule has 1 N–H and O–H groups in total. The van der Waals surface area contributed by atoms with Crippen LogP contribution in [0.3, 0.4) is 0 Å². The van der Waals surface area contributed by atoms with Crippen molar-refractivity contribution in [3.8, 4) is 0 Å². The number of fused-ring (bicyclic) bond motifs is 5. The predicted molar refractivity (Wildman–Crippen MR) is 70.1 cm³/mol. The minimum Gasteiger partial charge on any atom is -0.339 e. The van der Waals surface area contributed by atoms with Gasteiger partial charge < -0.3 is 4.98 Å². The quantitative estimate of drug-likeness (QED) is 0.525.